The molecule has 2 aromatic rings. The average Bonchev–Trinajstić information content (AvgIpc) is 3.07. The summed E-state index contributed by atoms with van der Waals surface area (Å²) in [6, 6.07) is 7.39. The largest absolute Gasteiger partial charge is 0.364 e. The molecule has 0 unspecified atom stereocenters. The second-order valence-electron chi connectivity index (χ2n) is 6.35. The minimum atomic E-state index is -0.621. The summed E-state index contributed by atoms with van der Waals surface area (Å²) in [5.41, 5.74) is 7.29. The number of hydrogen-bond donors (Lipinski definition) is 1. The predicted octanol–water partition coefficient (Wildman–Crippen LogP) is 1.02. The first-order valence-electron chi connectivity index (χ1n) is 8.13. The van der Waals surface area contributed by atoms with Crippen molar-refractivity contribution in [1.29, 1.82) is 0 Å². The molecule has 1 atom stereocenters. The Balaban J connectivity index is 1.77. The third-order valence-corrected chi connectivity index (χ3v) is 4.55. The number of nitrogens with zero attached hydrogens (tertiary/aromatic N) is 4. The molecular formula is C18H21N5O2. The summed E-state index contributed by atoms with van der Waals surface area (Å²) >= 11 is 0. The Bertz CT molecular complexity index is 790. The number of hydrogen-bond acceptors (Lipinski definition) is 5. The van der Waals surface area contributed by atoms with Crippen LogP contribution in [-0.4, -0.2) is 64.8 Å². The number of carbonyl (C=O) groups is 2. The van der Waals surface area contributed by atoms with Crippen molar-refractivity contribution >= 4 is 11.8 Å². The van der Waals surface area contributed by atoms with Crippen molar-refractivity contribution < 1.29 is 9.59 Å². The van der Waals surface area contributed by atoms with Crippen molar-refractivity contribution in [3.63, 3.8) is 0 Å². The highest BCUT2D eigenvalue weighted by Gasteiger charge is 2.26. The first-order valence-corrected chi connectivity index (χ1v) is 8.13. The van der Waals surface area contributed by atoms with Gasteiger partial charge in [0.2, 0.25) is 0 Å². The van der Waals surface area contributed by atoms with E-state index in [0.717, 1.165) is 25.1 Å². The fourth-order valence-electron chi connectivity index (χ4n) is 3.00. The molecular weight excluding hydrogens is 318 g/mol. The van der Waals surface area contributed by atoms with E-state index in [1.54, 1.807) is 30.5 Å². The minimum absolute atomic E-state index is 0.00354. The van der Waals surface area contributed by atoms with Gasteiger partial charge in [-0.2, -0.15) is 0 Å². The summed E-state index contributed by atoms with van der Waals surface area (Å²) in [5.74, 6) is -0.617. The molecule has 2 heterocycles. The second kappa shape index (κ2) is 6.98. The Kier molecular flexibility index (Phi) is 4.76. The molecule has 1 aromatic carbocycles. The Labute approximate surface area is 146 Å². The molecule has 0 saturated carbocycles. The van der Waals surface area contributed by atoms with E-state index in [0.29, 0.717) is 11.3 Å². The van der Waals surface area contributed by atoms with Crippen LogP contribution >= 0.6 is 0 Å². The van der Waals surface area contributed by atoms with Gasteiger partial charge < -0.3 is 15.5 Å². The average molecular weight is 339 g/mol. The standard InChI is InChI=1S/C18H21N5O2/c1-22-8-7-14(11-22)23(2)18(25)13-5-3-12(4-6-13)15-9-20-10-16(21-15)17(19)24/h3-6,9-10,14H,7-8,11H2,1-2H3,(H2,19,24)/t14-/m0/s1. The van der Waals surface area contributed by atoms with E-state index in [9.17, 15) is 9.59 Å². The molecule has 1 saturated heterocycles. The van der Waals surface area contributed by atoms with Crippen LogP contribution in [0.1, 0.15) is 27.3 Å². The van der Waals surface area contributed by atoms with E-state index in [1.807, 2.05) is 11.9 Å². The molecule has 0 spiro atoms. The van der Waals surface area contributed by atoms with Gasteiger partial charge in [0.25, 0.3) is 11.8 Å². The molecule has 2 N–H and O–H groups in total. The van der Waals surface area contributed by atoms with Gasteiger partial charge in [-0.15, -0.1) is 0 Å². The minimum Gasteiger partial charge on any atom is -0.364 e. The number of nitrogens with two attached hydrogens (primary N) is 1. The predicted molar refractivity (Wildman–Crippen MR) is 94.0 cm³/mol. The molecule has 0 bridgehead atoms. The quantitative estimate of drug-likeness (QED) is 0.898. The summed E-state index contributed by atoms with van der Waals surface area (Å²) in [5, 5.41) is 0. The van der Waals surface area contributed by atoms with Gasteiger partial charge in [-0.3, -0.25) is 14.6 Å². The Morgan fingerprint density at radius 2 is 1.96 bits per heavy atom. The molecule has 2 amide bonds. The van der Waals surface area contributed by atoms with Gasteiger partial charge in [0, 0.05) is 30.8 Å². The molecule has 1 fully saturated rings. The molecule has 0 aliphatic carbocycles. The lowest BCUT2D eigenvalue weighted by Gasteiger charge is -2.24. The number of rotatable bonds is 4. The van der Waals surface area contributed by atoms with Gasteiger partial charge in [-0.1, -0.05) is 12.1 Å². The van der Waals surface area contributed by atoms with Gasteiger partial charge in [-0.05, 0) is 32.1 Å². The van der Waals surface area contributed by atoms with Crippen LogP contribution in [0.4, 0.5) is 0 Å². The van der Waals surface area contributed by atoms with Gasteiger partial charge in [0.1, 0.15) is 5.69 Å². The fourth-order valence-corrected chi connectivity index (χ4v) is 3.00. The molecule has 0 radical (unpaired) electrons. The number of benzene rings is 1. The lowest BCUT2D eigenvalue weighted by atomic mass is 10.1. The molecule has 3 rings (SSSR count). The van der Waals surface area contributed by atoms with E-state index < -0.39 is 5.91 Å². The van der Waals surface area contributed by atoms with E-state index in [4.69, 9.17) is 5.73 Å². The van der Waals surface area contributed by atoms with Crippen LogP contribution in [0.15, 0.2) is 36.7 Å². The van der Waals surface area contributed by atoms with Crippen LogP contribution in [-0.2, 0) is 0 Å². The topological polar surface area (TPSA) is 92.4 Å². The number of likely N-dealkylation sites (N-methyl/N-ethyl adjacent to an activating group) is 2. The van der Waals surface area contributed by atoms with Crippen LogP contribution < -0.4 is 5.73 Å². The van der Waals surface area contributed by atoms with Crippen molar-refractivity contribution in [3.8, 4) is 11.3 Å². The van der Waals surface area contributed by atoms with Gasteiger partial charge >= 0.3 is 0 Å². The highest BCUT2D eigenvalue weighted by molar-refractivity contribution is 5.95. The zero-order valence-corrected chi connectivity index (χ0v) is 14.3. The van der Waals surface area contributed by atoms with E-state index in [2.05, 4.69) is 21.9 Å². The van der Waals surface area contributed by atoms with Crippen LogP contribution in [0, 0.1) is 0 Å². The zero-order valence-electron chi connectivity index (χ0n) is 14.3. The van der Waals surface area contributed by atoms with Gasteiger partial charge in [0.05, 0.1) is 18.1 Å². The SMILES string of the molecule is CN1CC[C@H](N(C)C(=O)c2ccc(-c3cncc(C(N)=O)n3)cc2)C1. The summed E-state index contributed by atoms with van der Waals surface area (Å²) in [4.78, 5) is 36.1. The normalized spacial score (nSPS) is 17.4. The summed E-state index contributed by atoms with van der Waals surface area (Å²) in [6.07, 6.45) is 3.88. The molecule has 25 heavy (non-hydrogen) atoms. The van der Waals surface area contributed by atoms with Crippen molar-refractivity contribution in [2.45, 2.75) is 12.5 Å². The maximum atomic E-state index is 12.6. The fraction of sp³-hybridized carbons (Fsp3) is 0.333. The summed E-state index contributed by atoms with van der Waals surface area (Å²) in [6.45, 7) is 1.91. The zero-order chi connectivity index (χ0) is 18.0. The van der Waals surface area contributed by atoms with Crippen LogP contribution in [0.2, 0.25) is 0 Å². The second-order valence-corrected chi connectivity index (χ2v) is 6.35. The number of carbonyl (C=O) groups excluding carboxylic acids is 2. The maximum Gasteiger partial charge on any atom is 0.268 e. The smallest absolute Gasteiger partial charge is 0.268 e. The molecule has 7 nitrogen and oxygen atoms in total. The van der Waals surface area contributed by atoms with E-state index >= 15 is 0 Å². The van der Waals surface area contributed by atoms with Crippen molar-refractivity contribution in [2.24, 2.45) is 5.73 Å². The summed E-state index contributed by atoms with van der Waals surface area (Å²) in [7, 11) is 3.91. The van der Waals surface area contributed by atoms with Gasteiger partial charge in [-0.25, -0.2) is 4.98 Å². The Morgan fingerprint density at radius 3 is 2.56 bits per heavy atom. The number of likely N-dealkylation sites (tertiary alicyclic amines) is 1. The van der Waals surface area contributed by atoms with Crippen LogP contribution in [0.5, 0.6) is 0 Å². The van der Waals surface area contributed by atoms with E-state index in [1.165, 1.54) is 6.20 Å². The van der Waals surface area contributed by atoms with Crippen LogP contribution in [0.3, 0.4) is 0 Å². The number of aromatic nitrogens is 2. The Hall–Kier alpha value is -2.80. The lowest BCUT2D eigenvalue weighted by molar-refractivity contribution is 0.0737. The molecule has 1 aliphatic rings. The first-order chi connectivity index (χ1) is 12.0. The highest BCUT2D eigenvalue weighted by atomic mass is 16.2. The summed E-state index contributed by atoms with van der Waals surface area (Å²) < 4.78 is 0. The van der Waals surface area contributed by atoms with E-state index in [-0.39, 0.29) is 17.6 Å². The molecule has 7 heteroatoms. The monoisotopic (exact) mass is 339 g/mol. The number of primary amides is 1. The van der Waals surface area contributed by atoms with Crippen molar-refractivity contribution in [2.75, 3.05) is 27.2 Å². The van der Waals surface area contributed by atoms with Gasteiger partial charge in [0.15, 0.2) is 0 Å². The highest BCUT2D eigenvalue weighted by Crippen LogP contribution is 2.19. The third-order valence-electron chi connectivity index (χ3n) is 4.55. The maximum absolute atomic E-state index is 12.6. The molecule has 1 aliphatic heterocycles. The molecule has 1 aromatic heterocycles. The first kappa shape index (κ1) is 17.0. The third kappa shape index (κ3) is 3.66. The number of amides is 2. The van der Waals surface area contributed by atoms with Crippen molar-refractivity contribution in [1.82, 2.24) is 19.8 Å². The van der Waals surface area contributed by atoms with Crippen molar-refractivity contribution in [3.05, 3.63) is 47.9 Å². The molecule has 130 valence electrons. The Morgan fingerprint density at radius 1 is 1.24 bits per heavy atom. The lowest BCUT2D eigenvalue weighted by Crippen LogP contribution is -2.38. The van der Waals surface area contributed by atoms with Crippen LogP contribution in [0.25, 0.3) is 11.3 Å².